The third kappa shape index (κ3) is 5.47. The molecule has 0 fully saturated rings. The molecule has 1 aromatic carbocycles. The number of rotatable bonds is 8. The smallest absolute Gasteiger partial charge is 0.119 e. The van der Waals surface area contributed by atoms with E-state index >= 15 is 0 Å². The summed E-state index contributed by atoms with van der Waals surface area (Å²) in [5, 5.41) is 0. The van der Waals surface area contributed by atoms with E-state index in [9.17, 15) is 0 Å². The van der Waals surface area contributed by atoms with Gasteiger partial charge >= 0.3 is 0 Å². The summed E-state index contributed by atoms with van der Waals surface area (Å²) in [5.41, 5.74) is 6.38. The standard InChI is InChI=1S/C14H21NO2S/c1-3-11(2)16-9-4-10-17-13-7-5-12(6-8-13)14(15)18/h5-8,11H,3-4,9-10H2,1-2H3,(H2,15,18). The van der Waals surface area contributed by atoms with Gasteiger partial charge in [-0.15, -0.1) is 0 Å². The number of nitrogens with two attached hydrogens (primary N) is 1. The van der Waals surface area contributed by atoms with Gasteiger partial charge in [-0.25, -0.2) is 0 Å². The van der Waals surface area contributed by atoms with E-state index in [0.717, 1.165) is 30.8 Å². The Balaban J connectivity index is 2.21. The second kappa shape index (κ2) is 8.06. The number of hydrogen-bond acceptors (Lipinski definition) is 3. The summed E-state index contributed by atoms with van der Waals surface area (Å²) < 4.78 is 11.2. The molecule has 0 aromatic heterocycles. The summed E-state index contributed by atoms with van der Waals surface area (Å²) in [6, 6.07) is 7.49. The monoisotopic (exact) mass is 267 g/mol. The molecular formula is C14H21NO2S. The van der Waals surface area contributed by atoms with Crippen LogP contribution in [0, 0.1) is 0 Å². The Labute approximate surface area is 114 Å². The summed E-state index contributed by atoms with van der Waals surface area (Å²) >= 11 is 4.88. The van der Waals surface area contributed by atoms with Crippen LogP contribution in [0.1, 0.15) is 32.3 Å². The highest BCUT2D eigenvalue weighted by Crippen LogP contribution is 2.12. The number of thiocarbonyl (C=S) groups is 1. The second-order valence-corrected chi connectivity index (χ2v) is 4.62. The average Bonchev–Trinajstić information content (AvgIpc) is 2.38. The van der Waals surface area contributed by atoms with Crippen molar-refractivity contribution in [3.8, 4) is 5.75 Å². The molecule has 0 aliphatic carbocycles. The first-order valence-corrected chi connectivity index (χ1v) is 6.68. The van der Waals surface area contributed by atoms with Gasteiger partial charge in [0.25, 0.3) is 0 Å². The summed E-state index contributed by atoms with van der Waals surface area (Å²) in [4.78, 5) is 0.406. The Bertz CT molecular complexity index is 365. The molecule has 100 valence electrons. The Hall–Kier alpha value is -1.13. The predicted molar refractivity (Wildman–Crippen MR) is 78.1 cm³/mol. The van der Waals surface area contributed by atoms with Crippen LogP contribution in [-0.4, -0.2) is 24.3 Å². The SMILES string of the molecule is CCC(C)OCCCOc1ccc(C(N)=S)cc1. The molecule has 1 rings (SSSR count). The van der Waals surface area contributed by atoms with E-state index in [1.165, 1.54) is 0 Å². The van der Waals surface area contributed by atoms with E-state index in [0.29, 0.717) is 17.7 Å². The molecule has 0 saturated carbocycles. The molecule has 1 atom stereocenters. The first-order chi connectivity index (χ1) is 8.63. The van der Waals surface area contributed by atoms with E-state index in [-0.39, 0.29) is 0 Å². The van der Waals surface area contributed by atoms with E-state index < -0.39 is 0 Å². The minimum Gasteiger partial charge on any atom is -0.494 e. The molecule has 0 radical (unpaired) electrons. The highest BCUT2D eigenvalue weighted by atomic mass is 32.1. The third-order valence-electron chi connectivity index (χ3n) is 2.67. The van der Waals surface area contributed by atoms with E-state index in [1.54, 1.807) is 0 Å². The lowest BCUT2D eigenvalue weighted by Gasteiger charge is -2.11. The van der Waals surface area contributed by atoms with Crippen molar-refractivity contribution in [1.82, 2.24) is 0 Å². The van der Waals surface area contributed by atoms with E-state index in [2.05, 4.69) is 13.8 Å². The number of benzene rings is 1. The van der Waals surface area contributed by atoms with Crippen LogP contribution in [0.5, 0.6) is 5.75 Å². The van der Waals surface area contributed by atoms with Gasteiger partial charge in [-0.2, -0.15) is 0 Å². The van der Waals surface area contributed by atoms with Gasteiger partial charge in [0.2, 0.25) is 0 Å². The summed E-state index contributed by atoms with van der Waals surface area (Å²) in [6.07, 6.45) is 2.26. The highest BCUT2D eigenvalue weighted by Gasteiger charge is 1.99. The molecule has 0 saturated heterocycles. The van der Waals surface area contributed by atoms with Gasteiger partial charge in [-0.05, 0) is 37.6 Å². The van der Waals surface area contributed by atoms with Crippen LogP contribution in [-0.2, 0) is 4.74 Å². The molecule has 1 aromatic rings. The average molecular weight is 267 g/mol. The maximum atomic E-state index is 5.59. The minimum atomic E-state index is 0.329. The molecule has 0 spiro atoms. The lowest BCUT2D eigenvalue weighted by Crippen LogP contribution is -2.10. The Kier molecular flexibility index (Phi) is 6.68. The second-order valence-electron chi connectivity index (χ2n) is 4.18. The Morgan fingerprint density at radius 2 is 1.94 bits per heavy atom. The molecule has 0 amide bonds. The van der Waals surface area contributed by atoms with Gasteiger partial charge in [-0.1, -0.05) is 19.1 Å². The van der Waals surface area contributed by atoms with Crippen molar-refractivity contribution in [3.63, 3.8) is 0 Å². The van der Waals surface area contributed by atoms with E-state index in [1.807, 2.05) is 24.3 Å². The molecular weight excluding hydrogens is 246 g/mol. The summed E-state index contributed by atoms with van der Waals surface area (Å²) in [7, 11) is 0. The van der Waals surface area contributed by atoms with Crippen LogP contribution in [0.25, 0.3) is 0 Å². The van der Waals surface area contributed by atoms with Gasteiger partial charge in [0.1, 0.15) is 10.7 Å². The van der Waals surface area contributed by atoms with Crippen LogP contribution < -0.4 is 10.5 Å². The van der Waals surface area contributed by atoms with Gasteiger partial charge < -0.3 is 15.2 Å². The van der Waals surface area contributed by atoms with Crippen molar-refractivity contribution >= 4 is 17.2 Å². The maximum Gasteiger partial charge on any atom is 0.119 e. The van der Waals surface area contributed by atoms with Crippen LogP contribution in [0.2, 0.25) is 0 Å². The third-order valence-corrected chi connectivity index (χ3v) is 2.91. The van der Waals surface area contributed by atoms with Crippen LogP contribution >= 0.6 is 12.2 Å². The molecule has 0 aliphatic heterocycles. The van der Waals surface area contributed by atoms with Crippen molar-refractivity contribution < 1.29 is 9.47 Å². The quantitative estimate of drug-likeness (QED) is 0.581. The number of hydrogen-bond donors (Lipinski definition) is 1. The lowest BCUT2D eigenvalue weighted by atomic mass is 10.2. The van der Waals surface area contributed by atoms with Crippen molar-refractivity contribution in [2.75, 3.05) is 13.2 Å². The minimum absolute atomic E-state index is 0.329. The van der Waals surface area contributed by atoms with Gasteiger partial charge in [0.05, 0.1) is 19.3 Å². The molecule has 1 unspecified atom stereocenters. The van der Waals surface area contributed by atoms with Crippen molar-refractivity contribution in [2.24, 2.45) is 5.73 Å². The molecule has 0 bridgehead atoms. The normalized spacial score (nSPS) is 12.1. The molecule has 18 heavy (non-hydrogen) atoms. The zero-order chi connectivity index (χ0) is 13.4. The fraction of sp³-hybridized carbons (Fsp3) is 0.500. The molecule has 0 heterocycles. The molecule has 3 nitrogen and oxygen atoms in total. The predicted octanol–water partition coefficient (Wildman–Crippen LogP) is 2.90. The fourth-order valence-electron chi connectivity index (χ4n) is 1.37. The lowest BCUT2D eigenvalue weighted by molar-refractivity contribution is 0.0554. The van der Waals surface area contributed by atoms with Crippen LogP contribution in [0.4, 0.5) is 0 Å². The van der Waals surface area contributed by atoms with Crippen molar-refractivity contribution in [3.05, 3.63) is 29.8 Å². The zero-order valence-corrected chi connectivity index (χ0v) is 11.8. The first kappa shape index (κ1) is 14.9. The van der Waals surface area contributed by atoms with Crippen molar-refractivity contribution in [2.45, 2.75) is 32.8 Å². The van der Waals surface area contributed by atoms with Crippen LogP contribution in [0.3, 0.4) is 0 Å². The topological polar surface area (TPSA) is 44.5 Å². The van der Waals surface area contributed by atoms with E-state index in [4.69, 9.17) is 27.4 Å². The fourth-order valence-corrected chi connectivity index (χ4v) is 1.50. The number of ether oxygens (including phenoxy) is 2. The van der Waals surface area contributed by atoms with Gasteiger partial charge in [0.15, 0.2) is 0 Å². The Morgan fingerprint density at radius 1 is 1.28 bits per heavy atom. The molecule has 2 N–H and O–H groups in total. The maximum absolute atomic E-state index is 5.59. The molecule has 0 aliphatic rings. The largest absolute Gasteiger partial charge is 0.494 e. The molecule has 4 heteroatoms. The summed E-state index contributed by atoms with van der Waals surface area (Å²) in [5.74, 6) is 0.832. The zero-order valence-electron chi connectivity index (χ0n) is 11.0. The van der Waals surface area contributed by atoms with Crippen LogP contribution in [0.15, 0.2) is 24.3 Å². The van der Waals surface area contributed by atoms with Gasteiger partial charge in [0, 0.05) is 12.0 Å². The highest BCUT2D eigenvalue weighted by molar-refractivity contribution is 7.80. The first-order valence-electron chi connectivity index (χ1n) is 6.27. The van der Waals surface area contributed by atoms with Gasteiger partial charge in [-0.3, -0.25) is 0 Å². The van der Waals surface area contributed by atoms with Crippen molar-refractivity contribution in [1.29, 1.82) is 0 Å². The summed E-state index contributed by atoms with van der Waals surface area (Å²) in [6.45, 7) is 5.59. The Morgan fingerprint density at radius 3 is 2.50 bits per heavy atom.